The Hall–Kier alpha value is -1.61. The maximum Gasteiger partial charge on any atom is 0.150 e. The summed E-state index contributed by atoms with van der Waals surface area (Å²) < 4.78 is 5.46. The van der Waals surface area contributed by atoms with Gasteiger partial charge in [0.15, 0.2) is 0 Å². The number of hydrogen-bond acceptors (Lipinski definition) is 3. The second kappa shape index (κ2) is 9.60. The van der Waals surface area contributed by atoms with Crippen molar-refractivity contribution in [1.29, 1.82) is 0 Å². The Morgan fingerprint density at radius 1 is 1.29 bits per heavy atom. The fourth-order valence-corrected chi connectivity index (χ4v) is 1.21. The first-order valence-electron chi connectivity index (χ1n) is 5.56. The molecule has 0 spiro atoms. The molecule has 1 rings (SSSR count). The number of aliphatic hydroxyl groups excluding tert-OH is 1. The van der Waals surface area contributed by atoms with Crippen LogP contribution in [0.2, 0.25) is 0 Å². The summed E-state index contributed by atoms with van der Waals surface area (Å²) in [5.41, 5.74) is 1.66. The van der Waals surface area contributed by atoms with E-state index in [2.05, 4.69) is 13.0 Å². The predicted octanol–water partition coefficient (Wildman–Crippen LogP) is 2.76. The van der Waals surface area contributed by atoms with Crippen molar-refractivity contribution in [2.75, 3.05) is 13.7 Å². The van der Waals surface area contributed by atoms with E-state index in [0.29, 0.717) is 12.2 Å². The van der Waals surface area contributed by atoms with Crippen LogP contribution >= 0.6 is 0 Å². The number of hydrogen-bond donors (Lipinski definition) is 1. The van der Waals surface area contributed by atoms with Crippen LogP contribution in [0.15, 0.2) is 30.4 Å². The summed E-state index contributed by atoms with van der Waals surface area (Å²) in [5.74, 6) is 0.739. The monoisotopic (exact) mass is 236 g/mol. The zero-order valence-corrected chi connectivity index (χ0v) is 10.6. The summed E-state index contributed by atoms with van der Waals surface area (Å²) >= 11 is 0. The molecule has 0 aliphatic rings. The van der Waals surface area contributed by atoms with Crippen LogP contribution in [0.1, 0.15) is 29.3 Å². The van der Waals surface area contributed by atoms with E-state index in [9.17, 15) is 4.79 Å². The van der Waals surface area contributed by atoms with Crippen LogP contribution in [0, 0.1) is 6.92 Å². The van der Waals surface area contributed by atoms with E-state index in [1.165, 1.54) is 0 Å². The van der Waals surface area contributed by atoms with Gasteiger partial charge < -0.3 is 9.84 Å². The van der Waals surface area contributed by atoms with Gasteiger partial charge in [-0.3, -0.25) is 4.79 Å². The van der Waals surface area contributed by atoms with Gasteiger partial charge in [-0.1, -0.05) is 25.1 Å². The number of ether oxygens (including phenoxy) is 1. The van der Waals surface area contributed by atoms with E-state index < -0.39 is 0 Å². The standard InChI is InChI=1S/C13H16O2.CH4O/c1-3-4-5-8-15-13-7-6-11(2)12(9-13)10-14;1-2/h4-7,9-10H,3,8H2,1-2H3;2H,1H3/b5-4-;. The zero-order chi connectivity index (χ0) is 13.1. The van der Waals surface area contributed by atoms with Gasteiger partial charge in [0.2, 0.25) is 0 Å². The van der Waals surface area contributed by atoms with Crippen molar-refractivity contribution in [2.45, 2.75) is 20.3 Å². The molecule has 0 radical (unpaired) electrons. The van der Waals surface area contributed by atoms with Crippen LogP contribution in [0.25, 0.3) is 0 Å². The molecule has 0 aromatic heterocycles. The fraction of sp³-hybridized carbons (Fsp3) is 0.357. The normalized spacial score (nSPS) is 9.65. The molecule has 0 atom stereocenters. The number of benzene rings is 1. The van der Waals surface area contributed by atoms with Gasteiger partial charge in [-0.05, 0) is 31.0 Å². The van der Waals surface area contributed by atoms with Crippen LogP contribution in [0.3, 0.4) is 0 Å². The highest BCUT2D eigenvalue weighted by Crippen LogP contribution is 2.15. The average molecular weight is 236 g/mol. The lowest BCUT2D eigenvalue weighted by atomic mass is 10.1. The van der Waals surface area contributed by atoms with E-state index in [0.717, 1.165) is 31.1 Å². The molecule has 1 N–H and O–H groups in total. The molecule has 3 heteroatoms. The Kier molecular flexibility index (Phi) is 8.69. The highest BCUT2D eigenvalue weighted by Gasteiger charge is 1.98. The molecule has 0 saturated carbocycles. The summed E-state index contributed by atoms with van der Waals surface area (Å²) in [6.45, 7) is 4.53. The molecule has 0 unspecified atom stereocenters. The Bertz CT molecular complexity index is 356. The van der Waals surface area contributed by atoms with E-state index in [-0.39, 0.29) is 0 Å². The van der Waals surface area contributed by atoms with Crippen molar-refractivity contribution >= 4 is 6.29 Å². The molecule has 0 saturated heterocycles. The van der Waals surface area contributed by atoms with Gasteiger partial charge in [0.05, 0.1) is 0 Å². The van der Waals surface area contributed by atoms with Crippen molar-refractivity contribution in [3.05, 3.63) is 41.5 Å². The summed E-state index contributed by atoms with van der Waals surface area (Å²) in [6, 6.07) is 5.53. The quantitative estimate of drug-likeness (QED) is 0.631. The smallest absolute Gasteiger partial charge is 0.150 e. The minimum atomic E-state index is 0.551. The van der Waals surface area contributed by atoms with Gasteiger partial charge in [-0.2, -0.15) is 0 Å². The van der Waals surface area contributed by atoms with E-state index in [1.54, 1.807) is 6.07 Å². The minimum absolute atomic E-state index is 0.551. The first-order valence-corrected chi connectivity index (χ1v) is 5.56. The van der Waals surface area contributed by atoms with Crippen molar-refractivity contribution in [3.63, 3.8) is 0 Å². The van der Waals surface area contributed by atoms with Gasteiger partial charge in [-0.15, -0.1) is 0 Å². The SMILES string of the molecule is CC/C=C\COc1ccc(C)c(C=O)c1.CO. The highest BCUT2D eigenvalue weighted by atomic mass is 16.5. The topological polar surface area (TPSA) is 46.5 Å². The fourth-order valence-electron chi connectivity index (χ4n) is 1.21. The van der Waals surface area contributed by atoms with Crippen LogP contribution in [0.5, 0.6) is 5.75 Å². The number of aryl methyl sites for hydroxylation is 1. The molecule has 94 valence electrons. The summed E-state index contributed by atoms with van der Waals surface area (Å²) in [5, 5.41) is 7.00. The molecule has 3 nitrogen and oxygen atoms in total. The van der Waals surface area contributed by atoms with Gasteiger partial charge in [-0.25, -0.2) is 0 Å². The molecule has 0 aliphatic heterocycles. The first-order chi connectivity index (χ1) is 8.27. The number of rotatable bonds is 5. The number of allylic oxidation sites excluding steroid dienone is 1. The third-order valence-corrected chi connectivity index (χ3v) is 2.13. The molecule has 0 bridgehead atoms. The van der Waals surface area contributed by atoms with Crippen LogP contribution < -0.4 is 4.74 Å². The number of aldehydes is 1. The lowest BCUT2D eigenvalue weighted by Crippen LogP contribution is -1.95. The second-order valence-electron chi connectivity index (χ2n) is 3.33. The molecule has 1 aromatic carbocycles. The van der Waals surface area contributed by atoms with Gasteiger partial charge in [0.25, 0.3) is 0 Å². The molecule has 17 heavy (non-hydrogen) atoms. The van der Waals surface area contributed by atoms with Crippen molar-refractivity contribution in [3.8, 4) is 5.75 Å². The molecule has 1 aromatic rings. The van der Waals surface area contributed by atoms with Crippen molar-refractivity contribution in [1.82, 2.24) is 0 Å². The lowest BCUT2D eigenvalue weighted by molar-refractivity contribution is 0.112. The first kappa shape index (κ1) is 15.4. The summed E-state index contributed by atoms with van der Waals surface area (Å²) in [4.78, 5) is 10.7. The molecular weight excluding hydrogens is 216 g/mol. The average Bonchev–Trinajstić information content (AvgIpc) is 2.39. The van der Waals surface area contributed by atoms with E-state index in [4.69, 9.17) is 9.84 Å². The van der Waals surface area contributed by atoms with Gasteiger partial charge >= 0.3 is 0 Å². The summed E-state index contributed by atoms with van der Waals surface area (Å²) in [7, 11) is 1.00. The summed E-state index contributed by atoms with van der Waals surface area (Å²) in [6.07, 6.45) is 5.89. The largest absolute Gasteiger partial charge is 0.490 e. The Labute approximate surface area is 103 Å². The Morgan fingerprint density at radius 3 is 2.59 bits per heavy atom. The maximum absolute atomic E-state index is 10.7. The number of carbonyl (C=O) groups excluding carboxylic acids is 1. The zero-order valence-electron chi connectivity index (χ0n) is 10.6. The maximum atomic E-state index is 10.7. The number of carbonyl (C=O) groups is 1. The number of aliphatic hydroxyl groups is 1. The Morgan fingerprint density at radius 2 is 2.00 bits per heavy atom. The third kappa shape index (κ3) is 5.88. The molecule has 0 amide bonds. The van der Waals surface area contributed by atoms with Crippen LogP contribution in [0.4, 0.5) is 0 Å². The van der Waals surface area contributed by atoms with E-state index >= 15 is 0 Å². The van der Waals surface area contributed by atoms with Crippen molar-refractivity contribution < 1.29 is 14.6 Å². The second-order valence-corrected chi connectivity index (χ2v) is 3.33. The van der Waals surface area contributed by atoms with Crippen molar-refractivity contribution in [2.24, 2.45) is 0 Å². The third-order valence-electron chi connectivity index (χ3n) is 2.13. The van der Waals surface area contributed by atoms with E-state index in [1.807, 2.05) is 25.1 Å². The molecular formula is C14H20O3. The molecule has 0 fully saturated rings. The van der Waals surface area contributed by atoms with Crippen LogP contribution in [-0.4, -0.2) is 25.1 Å². The minimum Gasteiger partial charge on any atom is -0.490 e. The predicted molar refractivity (Wildman–Crippen MR) is 69.6 cm³/mol. The highest BCUT2D eigenvalue weighted by molar-refractivity contribution is 5.77. The Balaban J connectivity index is 0.00000121. The van der Waals surface area contributed by atoms with Gasteiger partial charge in [0, 0.05) is 12.7 Å². The lowest BCUT2D eigenvalue weighted by Gasteiger charge is -2.05. The van der Waals surface area contributed by atoms with Gasteiger partial charge in [0.1, 0.15) is 18.6 Å². The molecule has 0 aliphatic carbocycles. The van der Waals surface area contributed by atoms with Crippen LogP contribution in [-0.2, 0) is 0 Å². The molecule has 0 heterocycles.